The highest BCUT2D eigenvalue weighted by molar-refractivity contribution is 5.90. The standard InChI is InChI=1S/C20H30O3/c1-14-5-8-17-19(2,13-21)10-4-11-20(17,3)16(14)7-6-15-9-12-23-18(15)22/h9,17,21H,4-8,10-13H2,1-3H3/t17-,19+,20+/m1/s1. The summed E-state index contributed by atoms with van der Waals surface area (Å²) in [6, 6.07) is 0. The van der Waals surface area contributed by atoms with E-state index in [4.69, 9.17) is 4.74 Å². The molecule has 2 aliphatic carbocycles. The van der Waals surface area contributed by atoms with E-state index >= 15 is 0 Å². The van der Waals surface area contributed by atoms with Crippen LogP contribution in [0.2, 0.25) is 0 Å². The minimum atomic E-state index is -0.135. The molecule has 0 aromatic rings. The minimum absolute atomic E-state index is 0.0461. The Morgan fingerprint density at radius 2 is 2.09 bits per heavy atom. The van der Waals surface area contributed by atoms with E-state index in [0.29, 0.717) is 12.5 Å². The molecule has 1 heterocycles. The summed E-state index contributed by atoms with van der Waals surface area (Å²) in [5.74, 6) is 0.418. The largest absolute Gasteiger partial charge is 0.458 e. The summed E-state index contributed by atoms with van der Waals surface area (Å²) in [6.45, 7) is 7.67. The zero-order valence-corrected chi connectivity index (χ0v) is 14.8. The van der Waals surface area contributed by atoms with Gasteiger partial charge in [-0.25, -0.2) is 4.79 Å². The third-order valence-electron chi connectivity index (χ3n) is 6.88. The normalized spacial score (nSPS) is 37.5. The van der Waals surface area contributed by atoms with Gasteiger partial charge in [-0.15, -0.1) is 0 Å². The number of hydrogen-bond donors (Lipinski definition) is 1. The Morgan fingerprint density at radius 1 is 1.30 bits per heavy atom. The fourth-order valence-electron chi connectivity index (χ4n) is 5.55. The van der Waals surface area contributed by atoms with Gasteiger partial charge < -0.3 is 9.84 Å². The third-order valence-corrected chi connectivity index (χ3v) is 6.88. The fourth-order valence-corrected chi connectivity index (χ4v) is 5.55. The summed E-state index contributed by atoms with van der Waals surface area (Å²) in [7, 11) is 0. The van der Waals surface area contributed by atoms with Gasteiger partial charge in [-0.1, -0.05) is 31.4 Å². The summed E-state index contributed by atoms with van der Waals surface area (Å²) in [4.78, 5) is 11.7. The molecule has 1 N–H and O–H groups in total. The smallest absolute Gasteiger partial charge is 0.334 e. The highest BCUT2D eigenvalue weighted by atomic mass is 16.5. The number of carbonyl (C=O) groups excluding carboxylic acids is 1. The van der Waals surface area contributed by atoms with Gasteiger partial charge >= 0.3 is 5.97 Å². The van der Waals surface area contributed by atoms with Crippen LogP contribution in [0.4, 0.5) is 0 Å². The summed E-state index contributed by atoms with van der Waals surface area (Å²) in [5, 5.41) is 10.0. The van der Waals surface area contributed by atoms with Crippen LogP contribution < -0.4 is 0 Å². The van der Waals surface area contributed by atoms with Crippen LogP contribution in [0, 0.1) is 16.7 Å². The van der Waals surface area contributed by atoms with Crippen molar-refractivity contribution in [3.63, 3.8) is 0 Å². The monoisotopic (exact) mass is 318 g/mol. The Bertz CT molecular complexity index is 559. The summed E-state index contributed by atoms with van der Waals surface area (Å²) in [6.07, 6.45) is 9.54. The van der Waals surface area contributed by atoms with E-state index in [0.717, 1.165) is 31.3 Å². The molecule has 128 valence electrons. The predicted molar refractivity (Wildman–Crippen MR) is 90.9 cm³/mol. The number of hydrogen-bond acceptors (Lipinski definition) is 3. The minimum Gasteiger partial charge on any atom is -0.458 e. The molecule has 3 atom stereocenters. The van der Waals surface area contributed by atoms with E-state index in [1.54, 1.807) is 5.57 Å². The van der Waals surface area contributed by atoms with Crippen LogP contribution >= 0.6 is 0 Å². The van der Waals surface area contributed by atoms with E-state index in [1.807, 2.05) is 6.08 Å². The molecule has 23 heavy (non-hydrogen) atoms. The topological polar surface area (TPSA) is 46.5 Å². The van der Waals surface area contributed by atoms with Gasteiger partial charge in [-0.05, 0) is 68.3 Å². The molecule has 0 bridgehead atoms. The van der Waals surface area contributed by atoms with Gasteiger partial charge in [0.2, 0.25) is 0 Å². The molecule has 3 rings (SSSR count). The van der Waals surface area contributed by atoms with E-state index < -0.39 is 0 Å². The highest BCUT2D eigenvalue weighted by Crippen LogP contribution is 2.60. The van der Waals surface area contributed by atoms with Gasteiger partial charge in [0.1, 0.15) is 6.61 Å². The molecule has 0 spiro atoms. The lowest BCUT2D eigenvalue weighted by Crippen LogP contribution is -2.48. The molecule has 1 saturated carbocycles. The lowest BCUT2D eigenvalue weighted by molar-refractivity contribution is -0.136. The Morgan fingerprint density at radius 3 is 2.74 bits per heavy atom. The second-order valence-electron chi connectivity index (χ2n) is 8.26. The van der Waals surface area contributed by atoms with Crippen LogP contribution in [0.5, 0.6) is 0 Å². The number of aliphatic hydroxyl groups excluding tert-OH is 1. The van der Waals surface area contributed by atoms with Gasteiger partial charge in [-0.2, -0.15) is 0 Å². The number of esters is 1. The number of cyclic esters (lactones) is 1. The Kier molecular flexibility index (Phi) is 4.43. The first-order valence-corrected chi connectivity index (χ1v) is 9.07. The molecule has 3 heteroatoms. The Balaban J connectivity index is 1.84. The fraction of sp³-hybridized carbons (Fsp3) is 0.750. The van der Waals surface area contributed by atoms with Crippen LogP contribution in [0.3, 0.4) is 0 Å². The first kappa shape index (κ1) is 16.8. The first-order valence-electron chi connectivity index (χ1n) is 9.07. The molecule has 3 aliphatic rings. The SMILES string of the molecule is CC1=C(CCC2=CCOC2=O)[C@]2(C)CCC[C@@](C)(CO)[C@H]2CC1. The van der Waals surface area contributed by atoms with Crippen LogP contribution in [-0.2, 0) is 9.53 Å². The molecule has 0 unspecified atom stereocenters. The zero-order valence-electron chi connectivity index (χ0n) is 14.8. The molecular formula is C20H30O3. The first-order chi connectivity index (χ1) is 10.9. The predicted octanol–water partition coefficient (Wildman–Crippen LogP) is 4.17. The molecular weight excluding hydrogens is 288 g/mol. The second-order valence-corrected chi connectivity index (χ2v) is 8.26. The van der Waals surface area contributed by atoms with Crippen molar-refractivity contribution < 1.29 is 14.6 Å². The van der Waals surface area contributed by atoms with Crippen molar-refractivity contribution in [3.8, 4) is 0 Å². The van der Waals surface area contributed by atoms with Crippen LogP contribution in [-0.4, -0.2) is 24.3 Å². The average molecular weight is 318 g/mol. The van der Waals surface area contributed by atoms with Gasteiger partial charge in [0, 0.05) is 12.2 Å². The second kappa shape index (κ2) is 6.08. The van der Waals surface area contributed by atoms with Gasteiger partial charge in [0.15, 0.2) is 0 Å². The maximum absolute atomic E-state index is 11.7. The van der Waals surface area contributed by atoms with Crippen molar-refractivity contribution in [2.24, 2.45) is 16.7 Å². The summed E-state index contributed by atoms with van der Waals surface area (Å²) < 4.78 is 5.03. The molecule has 0 aromatic carbocycles. The van der Waals surface area contributed by atoms with Crippen LogP contribution in [0.25, 0.3) is 0 Å². The lowest BCUT2D eigenvalue weighted by Gasteiger charge is -2.56. The molecule has 0 amide bonds. The number of ether oxygens (including phenoxy) is 1. The number of rotatable bonds is 4. The van der Waals surface area contributed by atoms with Crippen molar-refractivity contribution in [3.05, 3.63) is 22.8 Å². The van der Waals surface area contributed by atoms with E-state index in [1.165, 1.54) is 24.8 Å². The highest BCUT2D eigenvalue weighted by Gasteiger charge is 2.51. The molecule has 0 saturated heterocycles. The van der Waals surface area contributed by atoms with E-state index in [2.05, 4.69) is 20.8 Å². The van der Waals surface area contributed by atoms with Gasteiger partial charge in [0.05, 0.1) is 0 Å². The molecule has 0 aromatic heterocycles. The quantitative estimate of drug-likeness (QED) is 0.625. The molecule has 1 fully saturated rings. The van der Waals surface area contributed by atoms with Crippen LogP contribution in [0.15, 0.2) is 22.8 Å². The zero-order chi connectivity index (χ0) is 16.7. The number of carbonyl (C=O) groups is 1. The average Bonchev–Trinajstić information content (AvgIpc) is 2.91. The van der Waals surface area contributed by atoms with Gasteiger partial charge in [-0.3, -0.25) is 0 Å². The van der Waals surface area contributed by atoms with E-state index in [9.17, 15) is 9.90 Å². The molecule has 3 nitrogen and oxygen atoms in total. The van der Waals surface area contributed by atoms with E-state index in [-0.39, 0.29) is 23.4 Å². The maximum atomic E-state index is 11.7. The summed E-state index contributed by atoms with van der Waals surface area (Å²) >= 11 is 0. The number of fused-ring (bicyclic) bond motifs is 1. The lowest BCUT2D eigenvalue weighted by atomic mass is 9.49. The van der Waals surface area contributed by atoms with Crippen LogP contribution in [0.1, 0.15) is 65.7 Å². The van der Waals surface area contributed by atoms with Crippen molar-refractivity contribution in [1.29, 1.82) is 0 Å². The van der Waals surface area contributed by atoms with Crippen molar-refractivity contribution >= 4 is 5.97 Å². The third kappa shape index (κ3) is 2.77. The maximum Gasteiger partial charge on any atom is 0.334 e. The van der Waals surface area contributed by atoms with Crippen molar-refractivity contribution in [2.75, 3.05) is 13.2 Å². The number of aliphatic hydroxyl groups is 1. The molecule has 1 aliphatic heterocycles. The molecule has 0 radical (unpaired) electrons. The Hall–Kier alpha value is -1.09. The summed E-state index contributed by atoms with van der Waals surface area (Å²) in [5.41, 5.74) is 4.13. The van der Waals surface area contributed by atoms with Crippen molar-refractivity contribution in [1.82, 2.24) is 0 Å². The van der Waals surface area contributed by atoms with Gasteiger partial charge in [0.25, 0.3) is 0 Å². The Labute approximate surface area is 139 Å². The number of allylic oxidation sites excluding steroid dienone is 2. The van der Waals surface area contributed by atoms with Crippen molar-refractivity contribution in [2.45, 2.75) is 65.7 Å².